The highest BCUT2D eigenvalue weighted by Gasteiger charge is 2.12. The van der Waals surface area contributed by atoms with Gasteiger partial charge in [-0.3, -0.25) is 14.9 Å². The Hall–Kier alpha value is -2.45. The minimum absolute atomic E-state index is 0.0365. The number of nitrogens with zero attached hydrogens (tertiary/aromatic N) is 1. The minimum Gasteiger partial charge on any atom is -0.490 e. The van der Waals surface area contributed by atoms with E-state index < -0.39 is 0 Å². The predicted octanol–water partition coefficient (Wildman–Crippen LogP) is 4.35. The van der Waals surface area contributed by atoms with Crippen LogP contribution in [-0.2, 0) is 4.79 Å². The van der Waals surface area contributed by atoms with Gasteiger partial charge in [-0.15, -0.1) is 0 Å². The molecule has 0 radical (unpaired) electrons. The molecule has 2 amide bonds. The summed E-state index contributed by atoms with van der Waals surface area (Å²) in [5.74, 6) is 0.282. The number of rotatable bonds is 5. The third kappa shape index (κ3) is 6.03. The van der Waals surface area contributed by atoms with Crippen LogP contribution < -0.4 is 20.3 Å². The smallest absolute Gasteiger partial charge is 0.257 e. The van der Waals surface area contributed by atoms with E-state index >= 15 is 0 Å². The topological polar surface area (TPSA) is 70.7 Å². The molecule has 0 bridgehead atoms. The zero-order valence-corrected chi connectivity index (χ0v) is 18.5. The van der Waals surface area contributed by atoms with Crippen LogP contribution in [0.5, 0.6) is 5.75 Å². The number of benzene rings is 2. The summed E-state index contributed by atoms with van der Waals surface area (Å²) in [5, 5.41) is 5.77. The van der Waals surface area contributed by atoms with Crippen molar-refractivity contribution in [1.29, 1.82) is 0 Å². The van der Waals surface area contributed by atoms with Gasteiger partial charge >= 0.3 is 0 Å². The summed E-state index contributed by atoms with van der Waals surface area (Å²) in [4.78, 5) is 25.3. The van der Waals surface area contributed by atoms with Crippen molar-refractivity contribution in [2.45, 2.75) is 26.9 Å². The lowest BCUT2D eigenvalue weighted by atomic mass is 10.2. The van der Waals surface area contributed by atoms with Gasteiger partial charge in [0.2, 0.25) is 5.91 Å². The molecule has 0 saturated carbocycles. The minimum atomic E-state index is -0.331. The Balaban J connectivity index is 1.98. The van der Waals surface area contributed by atoms with E-state index in [0.29, 0.717) is 21.5 Å². The second kappa shape index (κ2) is 9.66. The van der Waals surface area contributed by atoms with Crippen molar-refractivity contribution < 1.29 is 14.3 Å². The Labute approximate surface area is 178 Å². The molecule has 2 aromatic carbocycles. The quantitative estimate of drug-likeness (QED) is 0.645. The molecule has 2 N–H and O–H groups in total. The molecule has 8 heteroatoms. The summed E-state index contributed by atoms with van der Waals surface area (Å²) < 4.78 is 6.33. The molecule has 0 saturated heterocycles. The predicted molar refractivity (Wildman–Crippen MR) is 119 cm³/mol. The van der Waals surface area contributed by atoms with E-state index in [0.717, 1.165) is 5.69 Å². The molecule has 28 heavy (non-hydrogen) atoms. The number of thiocarbonyl (C=S) groups is 1. The fraction of sp³-hybridized carbons (Fsp3) is 0.250. The van der Waals surface area contributed by atoms with E-state index in [2.05, 4.69) is 26.6 Å². The average molecular weight is 464 g/mol. The van der Waals surface area contributed by atoms with Crippen molar-refractivity contribution in [1.82, 2.24) is 5.32 Å². The van der Waals surface area contributed by atoms with Crippen LogP contribution in [0, 0.1) is 0 Å². The number of hydrogen-bond acceptors (Lipinski definition) is 4. The van der Waals surface area contributed by atoms with Gasteiger partial charge in [0.05, 0.1) is 10.6 Å². The molecule has 0 unspecified atom stereocenters. The molecule has 0 aliphatic heterocycles. The van der Waals surface area contributed by atoms with Gasteiger partial charge in [0.15, 0.2) is 5.11 Å². The number of ether oxygens (including phenoxy) is 1. The summed E-state index contributed by atoms with van der Waals surface area (Å²) in [6, 6.07) is 12.2. The lowest BCUT2D eigenvalue weighted by molar-refractivity contribution is -0.116. The molecule has 0 atom stereocenters. The van der Waals surface area contributed by atoms with Crippen LogP contribution in [0.25, 0.3) is 0 Å². The summed E-state index contributed by atoms with van der Waals surface area (Å²) in [6.45, 7) is 5.36. The second-order valence-electron chi connectivity index (χ2n) is 6.34. The number of hydrogen-bond donors (Lipinski definition) is 2. The first-order valence-electron chi connectivity index (χ1n) is 8.60. The van der Waals surface area contributed by atoms with E-state index in [1.165, 1.54) is 11.8 Å². The standard InChI is InChI=1S/C20H22BrN3O3S/c1-12(2)27-18-10-5-14(11-17(18)21)19(26)23-20(28)22-15-6-8-16(9-7-15)24(4)13(3)25/h5-12H,1-4H3,(H2,22,23,26,28). The SMILES string of the molecule is CC(=O)N(C)c1ccc(NC(=S)NC(=O)c2ccc(OC(C)C)c(Br)c2)cc1. The summed E-state index contributed by atoms with van der Waals surface area (Å²) >= 11 is 8.62. The molecule has 0 aliphatic carbocycles. The van der Waals surface area contributed by atoms with Gasteiger partial charge in [-0.25, -0.2) is 0 Å². The maximum absolute atomic E-state index is 12.4. The van der Waals surface area contributed by atoms with Crippen LogP contribution >= 0.6 is 28.1 Å². The zero-order chi connectivity index (χ0) is 20.8. The number of amides is 2. The van der Waals surface area contributed by atoms with Crippen molar-refractivity contribution >= 4 is 56.4 Å². The molecule has 148 valence electrons. The van der Waals surface area contributed by atoms with Gasteiger partial charge in [-0.2, -0.15) is 0 Å². The van der Waals surface area contributed by atoms with Crippen LogP contribution in [0.1, 0.15) is 31.1 Å². The Morgan fingerprint density at radius 2 is 1.79 bits per heavy atom. The Kier molecular flexibility index (Phi) is 7.53. The Bertz CT molecular complexity index is 885. The van der Waals surface area contributed by atoms with Crippen molar-refractivity contribution in [2.75, 3.05) is 17.3 Å². The fourth-order valence-electron chi connectivity index (χ4n) is 2.28. The van der Waals surface area contributed by atoms with Gasteiger partial charge in [-0.1, -0.05) is 0 Å². The number of carbonyl (C=O) groups excluding carboxylic acids is 2. The maximum atomic E-state index is 12.4. The number of nitrogens with one attached hydrogen (secondary N) is 2. The molecule has 0 heterocycles. The zero-order valence-electron chi connectivity index (χ0n) is 16.1. The maximum Gasteiger partial charge on any atom is 0.257 e. The average Bonchev–Trinajstić information content (AvgIpc) is 2.62. The summed E-state index contributed by atoms with van der Waals surface area (Å²) in [5.41, 5.74) is 1.92. The lowest BCUT2D eigenvalue weighted by Crippen LogP contribution is -2.34. The van der Waals surface area contributed by atoms with Crippen LogP contribution in [0.2, 0.25) is 0 Å². The van der Waals surface area contributed by atoms with E-state index in [9.17, 15) is 9.59 Å². The molecule has 0 spiro atoms. The molecular weight excluding hydrogens is 442 g/mol. The van der Waals surface area contributed by atoms with Crippen LogP contribution in [0.4, 0.5) is 11.4 Å². The van der Waals surface area contributed by atoms with E-state index in [-0.39, 0.29) is 23.0 Å². The third-order valence-corrected chi connectivity index (χ3v) is 4.59. The monoisotopic (exact) mass is 463 g/mol. The molecule has 2 aromatic rings. The third-order valence-electron chi connectivity index (χ3n) is 3.77. The Morgan fingerprint density at radius 3 is 2.32 bits per heavy atom. The number of anilines is 2. The van der Waals surface area contributed by atoms with Gasteiger partial charge in [0.25, 0.3) is 5.91 Å². The summed E-state index contributed by atoms with van der Waals surface area (Å²) in [6.07, 6.45) is 0.0365. The molecule has 0 fully saturated rings. The van der Waals surface area contributed by atoms with Crippen LogP contribution in [0.3, 0.4) is 0 Å². The highest BCUT2D eigenvalue weighted by atomic mass is 79.9. The normalized spacial score (nSPS) is 10.4. The molecular formula is C20H22BrN3O3S. The van der Waals surface area contributed by atoms with Crippen molar-refractivity contribution in [3.05, 3.63) is 52.5 Å². The largest absolute Gasteiger partial charge is 0.490 e. The lowest BCUT2D eigenvalue weighted by Gasteiger charge is -2.16. The van der Waals surface area contributed by atoms with Crippen molar-refractivity contribution in [3.8, 4) is 5.75 Å². The van der Waals surface area contributed by atoms with Gasteiger partial charge in [0, 0.05) is 30.9 Å². The fourth-order valence-corrected chi connectivity index (χ4v) is 2.96. The summed E-state index contributed by atoms with van der Waals surface area (Å²) in [7, 11) is 1.70. The molecule has 0 aliphatic rings. The second-order valence-corrected chi connectivity index (χ2v) is 7.61. The first kappa shape index (κ1) is 21.8. The molecule has 2 rings (SSSR count). The first-order chi connectivity index (χ1) is 13.2. The van der Waals surface area contributed by atoms with Crippen molar-refractivity contribution in [2.24, 2.45) is 0 Å². The molecule has 6 nitrogen and oxygen atoms in total. The van der Waals surface area contributed by atoms with E-state index in [1.54, 1.807) is 49.5 Å². The van der Waals surface area contributed by atoms with Gasteiger partial charge in [0.1, 0.15) is 5.75 Å². The van der Waals surface area contributed by atoms with Gasteiger partial charge in [-0.05, 0) is 84.5 Å². The molecule has 0 aromatic heterocycles. The van der Waals surface area contributed by atoms with Crippen LogP contribution in [-0.4, -0.2) is 30.1 Å². The highest BCUT2D eigenvalue weighted by Crippen LogP contribution is 2.27. The van der Waals surface area contributed by atoms with E-state index in [4.69, 9.17) is 17.0 Å². The highest BCUT2D eigenvalue weighted by molar-refractivity contribution is 9.10. The van der Waals surface area contributed by atoms with Gasteiger partial charge < -0.3 is 15.0 Å². The first-order valence-corrected chi connectivity index (χ1v) is 9.80. The van der Waals surface area contributed by atoms with Crippen molar-refractivity contribution in [3.63, 3.8) is 0 Å². The van der Waals surface area contributed by atoms with E-state index in [1.807, 2.05) is 13.8 Å². The van der Waals surface area contributed by atoms with Crippen LogP contribution in [0.15, 0.2) is 46.9 Å². The number of carbonyl (C=O) groups is 2. The number of halogens is 1. The Morgan fingerprint density at radius 1 is 1.14 bits per heavy atom.